The molecule has 1 aromatic carbocycles. The van der Waals surface area contributed by atoms with Gasteiger partial charge in [-0.15, -0.1) is 0 Å². The van der Waals surface area contributed by atoms with Crippen molar-refractivity contribution >= 4 is 0 Å². The van der Waals surface area contributed by atoms with Crippen molar-refractivity contribution in [3.8, 4) is 5.75 Å². The van der Waals surface area contributed by atoms with E-state index in [2.05, 4.69) is 31.2 Å². The predicted octanol–water partition coefficient (Wildman–Crippen LogP) is 4.69. The van der Waals surface area contributed by atoms with Gasteiger partial charge in [-0.3, -0.25) is 0 Å². The maximum atomic E-state index is 5.71. The summed E-state index contributed by atoms with van der Waals surface area (Å²) in [5.74, 6) is 4.55. The molecule has 1 saturated carbocycles. The lowest BCUT2D eigenvalue weighted by atomic mass is 9.55. The highest BCUT2D eigenvalue weighted by Crippen LogP contribution is 2.61. The Morgan fingerprint density at radius 1 is 1.14 bits per heavy atom. The lowest BCUT2D eigenvalue weighted by molar-refractivity contribution is 0.0379. The van der Waals surface area contributed by atoms with Gasteiger partial charge in [0, 0.05) is 5.41 Å². The third-order valence-corrected chi connectivity index (χ3v) is 6.66. The number of methoxy groups -OCH3 is 2. The Hall–Kier alpha value is -1.44. The Morgan fingerprint density at radius 3 is 2.77 bits per heavy atom. The Labute approximate surface area is 133 Å². The normalized spacial score (nSPS) is 36.0. The number of hydrogen-bond donors (Lipinski definition) is 0. The van der Waals surface area contributed by atoms with E-state index < -0.39 is 0 Å². The van der Waals surface area contributed by atoms with Crippen LogP contribution in [0.4, 0.5) is 0 Å². The maximum Gasteiger partial charge on any atom is 0.119 e. The number of allylic oxidation sites excluding steroid dienone is 2. The van der Waals surface area contributed by atoms with E-state index in [1.807, 2.05) is 7.11 Å². The predicted molar refractivity (Wildman–Crippen MR) is 88.1 cm³/mol. The van der Waals surface area contributed by atoms with Gasteiger partial charge < -0.3 is 9.47 Å². The zero-order valence-corrected chi connectivity index (χ0v) is 13.9. The SMILES string of the molecule is COC1=CCC2C3CCc4cc(OC)ccc4C3CC[C@]12C. The number of aryl methyl sites for hydroxylation is 1. The molecule has 22 heavy (non-hydrogen) atoms. The molecule has 0 aliphatic heterocycles. The van der Waals surface area contributed by atoms with Crippen molar-refractivity contribution in [2.45, 2.75) is 44.9 Å². The van der Waals surface area contributed by atoms with Crippen LogP contribution in [0.1, 0.15) is 49.7 Å². The summed E-state index contributed by atoms with van der Waals surface area (Å²) in [5.41, 5.74) is 3.38. The standard InChI is InChI=1S/C20H26O2/c1-20-11-10-16-15-7-5-14(21-2)12-13(15)4-6-17(16)18(20)8-9-19(20)22-3/h5,7,9,12,16-18H,4,6,8,10-11H2,1-3H3/t16?,17?,18?,20-/m0/s1. The molecule has 0 heterocycles. The minimum atomic E-state index is 0.278. The first-order chi connectivity index (χ1) is 10.7. The van der Waals surface area contributed by atoms with Crippen molar-refractivity contribution in [3.05, 3.63) is 41.2 Å². The highest BCUT2D eigenvalue weighted by atomic mass is 16.5. The quantitative estimate of drug-likeness (QED) is 0.788. The molecule has 2 heteroatoms. The molecule has 0 bridgehead atoms. The second kappa shape index (κ2) is 5.04. The van der Waals surface area contributed by atoms with Gasteiger partial charge >= 0.3 is 0 Å². The number of ether oxygens (including phenoxy) is 2. The molecule has 4 atom stereocenters. The molecule has 0 saturated heterocycles. The zero-order chi connectivity index (χ0) is 15.3. The lowest BCUT2D eigenvalue weighted by Gasteiger charge is -2.49. The van der Waals surface area contributed by atoms with E-state index in [9.17, 15) is 0 Å². The van der Waals surface area contributed by atoms with Gasteiger partial charge in [-0.2, -0.15) is 0 Å². The molecule has 118 valence electrons. The summed E-state index contributed by atoms with van der Waals surface area (Å²) in [6, 6.07) is 6.72. The molecule has 0 spiro atoms. The summed E-state index contributed by atoms with van der Waals surface area (Å²) < 4.78 is 11.1. The number of fused-ring (bicyclic) bond motifs is 5. The average Bonchev–Trinajstić information content (AvgIpc) is 2.90. The van der Waals surface area contributed by atoms with Crippen LogP contribution in [0.2, 0.25) is 0 Å². The van der Waals surface area contributed by atoms with Crippen molar-refractivity contribution < 1.29 is 9.47 Å². The molecule has 4 rings (SSSR count). The van der Waals surface area contributed by atoms with E-state index in [1.54, 1.807) is 12.7 Å². The van der Waals surface area contributed by atoms with E-state index >= 15 is 0 Å². The van der Waals surface area contributed by atoms with Gasteiger partial charge in [-0.25, -0.2) is 0 Å². The van der Waals surface area contributed by atoms with Crippen LogP contribution in [-0.4, -0.2) is 14.2 Å². The van der Waals surface area contributed by atoms with Crippen LogP contribution in [0, 0.1) is 17.3 Å². The fraction of sp³-hybridized carbons (Fsp3) is 0.600. The van der Waals surface area contributed by atoms with Crippen LogP contribution in [-0.2, 0) is 11.2 Å². The van der Waals surface area contributed by atoms with Crippen molar-refractivity contribution in [3.63, 3.8) is 0 Å². The molecule has 3 aliphatic carbocycles. The average molecular weight is 298 g/mol. The van der Waals surface area contributed by atoms with Gasteiger partial charge in [0.1, 0.15) is 5.75 Å². The maximum absolute atomic E-state index is 5.71. The molecule has 3 unspecified atom stereocenters. The molecule has 1 fully saturated rings. The fourth-order valence-electron chi connectivity index (χ4n) is 5.53. The second-order valence-corrected chi connectivity index (χ2v) is 7.44. The van der Waals surface area contributed by atoms with Crippen LogP contribution in [0.3, 0.4) is 0 Å². The molecule has 0 N–H and O–H groups in total. The van der Waals surface area contributed by atoms with Gasteiger partial charge in [0.15, 0.2) is 0 Å². The van der Waals surface area contributed by atoms with Crippen molar-refractivity contribution in [1.82, 2.24) is 0 Å². The lowest BCUT2D eigenvalue weighted by Crippen LogP contribution is -2.41. The summed E-state index contributed by atoms with van der Waals surface area (Å²) in [4.78, 5) is 0. The van der Waals surface area contributed by atoms with Gasteiger partial charge in [0.2, 0.25) is 0 Å². The monoisotopic (exact) mass is 298 g/mol. The highest BCUT2D eigenvalue weighted by Gasteiger charge is 2.52. The van der Waals surface area contributed by atoms with Crippen LogP contribution in [0.5, 0.6) is 5.75 Å². The topological polar surface area (TPSA) is 18.5 Å². The minimum absolute atomic E-state index is 0.278. The molecular weight excluding hydrogens is 272 g/mol. The van der Waals surface area contributed by atoms with E-state index in [0.29, 0.717) is 0 Å². The van der Waals surface area contributed by atoms with Crippen LogP contribution >= 0.6 is 0 Å². The number of benzene rings is 1. The molecule has 3 aliphatic rings. The molecule has 2 nitrogen and oxygen atoms in total. The molecule has 0 amide bonds. The first-order valence-corrected chi connectivity index (χ1v) is 8.59. The van der Waals surface area contributed by atoms with Gasteiger partial charge in [-0.1, -0.05) is 13.0 Å². The van der Waals surface area contributed by atoms with Gasteiger partial charge in [0.25, 0.3) is 0 Å². The Balaban J connectivity index is 1.67. The van der Waals surface area contributed by atoms with Crippen molar-refractivity contribution in [1.29, 1.82) is 0 Å². The Morgan fingerprint density at radius 2 is 2.00 bits per heavy atom. The summed E-state index contributed by atoms with van der Waals surface area (Å²) in [5, 5.41) is 0. The largest absolute Gasteiger partial charge is 0.501 e. The van der Waals surface area contributed by atoms with Crippen molar-refractivity contribution in [2.75, 3.05) is 14.2 Å². The van der Waals surface area contributed by atoms with E-state index in [-0.39, 0.29) is 5.41 Å². The first-order valence-electron chi connectivity index (χ1n) is 8.59. The fourth-order valence-corrected chi connectivity index (χ4v) is 5.53. The van der Waals surface area contributed by atoms with Crippen LogP contribution < -0.4 is 4.74 Å². The van der Waals surface area contributed by atoms with E-state index in [4.69, 9.17) is 9.47 Å². The Bertz CT molecular complexity index is 618. The second-order valence-electron chi connectivity index (χ2n) is 7.44. The van der Waals surface area contributed by atoms with Gasteiger partial charge in [-0.05, 0) is 79.2 Å². The zero-order valence-electron chi connectivity index (χ0n) is 13.9. The van der Waals surface area contributed by atoms with Crippen LogP contribution in [0.15, 0.2) is 30.0 Å². The summed E-state index contributed by atoms with van der Waals surface area (Å²) >= 11 is 0. The number of hydrogen-bond acceptors (Lipinski definition) is 2. The van der Waals surface area contributed by atoms with E-state index in [1.165, 1.54) is 43.4 Å². The molecule has 1 aromatic rings. The molecule has 0 radical (unpaired) electrons. The highest BCUT2D eigenvalue weighted by molar-refractivity contribution is 5.41. The van der Waals surface area contributed by atoms with Crippen molar-refractivity contribution in [2.24, 2.45) is 17.3 Å². The van der Waals surface area contributed by atoms with Crippen LogP contribution in [0.25, 0.3) is 0 Å². The number of rotatable bonds is 2. The van der Waals surface area contributed by atoms with E-state index in [0.717, 1.165) is 23.5 Å². The summed E-state index contributed by atoms with van der Waals surface area (Å²) in [6.07, 6.45) is 8.61. The van der Waals surface area contributed by atoms with Gasteiger partial charge in [0.05, 0.1) is 20.0 Å². The summed E-state index contributed by atoms with van der Waals surface area (Å²) in [7, 11) is 3.60. The molecular formula is C20H26O2. The smallest absolute Gasteiger partial charge is 0.119 e. The summed E-state index contributed by atoms with van der Waals surface area (Å²) in [6.45, 7) is 2.43. The Kier molecular flexibility index (Phi) is 3.25. The minimum Gasteiger partial charge on any atom is -0.501 e. The first kappa shape index (κ1) is 14.2. The third-order valence-electron chi connectivity index (χ3n) is 6.66. The molecule has 0 aromatic heterocycles. The third kappa shape index (κ3) is 1.85.